The Morgan fingerprint density at radius 3 is 2.44 bits per heavy atom. The number of rotatable bonds is 5. The number of carbonyl (C=O) groups is 1. The second kappa shape index (κ2) is 9.15. The number of fused-ring (bicyclic) bond motifs is 5. The Hall–Kier alpha value is -4.33. The van der Waals surface area contributed by atoms with Gasteiger partial charge in [-0.2, -0.15) is 0 Å². The first kappa shape index (κ1) is 23.8. The summed E-state index contributed by atoms with van der Waals surface area (Å²) in [4.78, 5) is 24.9. The lowest BCUT2D eigenvalue weighted by Crippen LogP contribution is -2.51. The van der Waals surface area contributed by atoms with Crippen LogP contribution in [0.3, 0.4) is 0 Å². The first-order valence-electron chi connectivity index (χ1n) is 13.3. The van der Waals surface area contributed by atoms with Gasteiger partial charge in [0.1, 0.15) is 17.5 Å². The predicted octanol–water partition coefficient (Wildman–Crippen LogP) is 7.02. The SMILES string of the molecule is O=C(O)[C@@H]1C2CCC(CC2)[C@@H]1Nc1nc(-c2c[nH]c3c(F)cc(F)cc23)nc2cc(-c3ccccc3)ccc12. The number of aromatic amines is 1. The van der Waals surface area contributed by atoms with E-state index < -0.39 is 23.5 Å². The van der Waals surface area contributed by atoms with Gasteiger partial charge < -0.3 is 15.4 Å². The number of anilines is 1. The molecule has 2 bridgehead atoms. The molecule has 2 atom stereocenters. The van der Waals surface area contributed by atoms with Crippen LogP contribution in [0.2, 0.25) is 0 Å². The van der Waals surface area contributed by atoms with E-state index in [1.165, 1.54) is 6.07 Å². The summed E-state index contributed by atoms with van der Waals surface area (Å²) < 4.78 is 28.7. The average molecular weight is 525 g/mol. The van der Waals surface area contributed by atoms with Gasteiger partial charge in [0.2, 0.25) is 0 Å². The lowest BCUT2D eigenvalue weighted by molar-refractivity contribution is -0.148. The van der Waals surface area contributed by atoms with Crippen molar-refractivity contribution < 1.29 is 18.7 Å². The number of carboxylic acids is 1. The number of hydrogen-bond donors (Lipinski definition) is 3. The van der Waals surface area contributed by atoms with Gasteiger partial charge in [0, 0.05) is 34.6 Å². The minimum absolute atomic E-state index is 0.141. The fraction of sp³-hybridized carbons (Fsp3) is 0.258. The number of H-pyrrole nitrogens is 1. The van der Waals surface area contributed by atoms with Crippen molar-refractivity contribution in [3.8, 4) is 22.5 Å². The maximum absolute atomic E-state index is 14.5. The second-order valence-corrected chi connectivity index (χ2v) is 10.7. The van der Waals surface area contributed by atoms with Crippen molar-refractivity contribution >= 4 is 33.6 Å². The summed E-state index contributed by atoms with van der Waals surface area (Å²) in [5, 5.41) is 14.8. The third kappa shape index (κ3) is 4.02. The molecule has 5 aromatic rings. The largest absolute Gasteiger partial charge is 0.481 e. The monoisotopic (exact) mass is 524 g/mol. The summed E-state index contributed by atoms with van der Waals surface area (Å²) >= 11 is 0. The molecule has 196 valence electrons. The van der Waals surface area contributed by atoms with Crippen LogP contribution in [0.4, 0.5) is 14.6 Å². The Bertz CT molecular complexity index is 1730. The smallest absolute Gasteiger partial charge is 0.308 e. The highest BCUT2D eigenvalue weighted by Crippen LogP contribution is 2.47. The highest BCUT2D eigenvalue weighted by atomic mass is 19.1. The number of hydrogen-bond acceptors (Lipinski definition) is 4. The van der Waals surface area contributed by atoms with Gasteiger partial charge in [-0.25, -0.2) is 18.7 Å². The lowest BCUT2D eigenvalue weighted by Gasteiger charge is -2.47. The summed E-state index contributed by atoms with van der Waals surface area (Å²) in [6.07, 6.45) is 5.43. The molecule has 0 amide bonds. The third-order valence-corrected chi connectivity index (χ3v) is 8.56. The molecule has 0 radical (unpaired) electrons. The number of carboxylic acid groups (broad SMARTS) is 1. The maximum Gasteiger partial charge on any atom is 0.308 e. The molecule has 3 saturated carbocycles. The molecule has 3 N–H and O–H groups in total. The standard InChI is InChI=1S/C31H26F2N4O2/c32-20-13-22-23(15-34-28(22)24(33)14-20)30-35-25-12-19(16-4-2-1-3-5-16)10-11-21(25)29(37-30)36-27-18-8-6-17(7-9-18)26(27)31(38)39/h1-5,10-15,17-18,26-27,34H,6-9H2,(H,38,39)(H,35,36,37)/t17?,18?,26-,27+/m1/s1. The number of aromatic nitrogens is 3. The number of aliphatic carboxylic acids is 1. The molecule has 0 spiro atoms. The van der Waals surface area contributed by atoms with Crippen molar-refractivity contribution in [1.82, 2.24) is 15.0 Å². The van der Waals surface area contributed by atoms with Crippen LogP contribution in [-0.2, 0) is 4.79 Å². The van der Waals surface area contributed by atoms with E-state index in [0.29, 0.717) is 28.1 Å². The fourth-order valence-corrected chi connectivity index (χ4v) is 6.68. The van der Waals surface area contributed by atoms with Gasteiger partial charge in [-0.15, -0.1) is 0 Å². The van der Waals surface area contributed by atoms with Crippen LogP contribution in [0, 0.1) is 29.4 Å². The Labute approximate surface area is 223 Å². The molecule has 3 aliphatic rings. The van der Waals surface area contributed by atoms with Crippen LogP contribution in [0.15, 0.2) is 66.9 Å². The summed E-state index contributed by atoms with van der Waals surface area (Å²) in [5.74, 6) is -1.44. The molecule has 2 heterocycles. The Balaban J connectivity index is 1.41. The van der Waals surface area contributed by atoms with Crippen LogP contribution in [0.5, 0.6) is 0 Å². The number of nitrogens with zero attached hydrogens (tertiary/aromatic N) is 2. The average Bonchev–Trinajstić information content (AvgIpc) is 3.38. The summed E-state index contributed by atoms with van der Waals surface area (Å²) in [7, 11) is 0. The minimum atomic E-state index is -0.783. The number of benzene rings is 3. The highest BCUT2D eigenvalue weighted by molar-refractivity contribution is 5.98. The van der Waals surface area contributed by atoms with E-state index in [-0.39, 0.29) is 23.4 Å². The molecule has 3 fully saturated rings. The van der Waals surface area contributed by atoms with E-state index in [0.717, 1.165) is 48.3 Å². The Morgan fingerprint density at radius 1 is 0.897 bits per heavy atom. The molecule has 0 saturated heterocycles. The molecule has 3 aliphatic carbocycles. The van der Waals surface area contributed by atoms with Crippen molar-refractivity contribution in [3.63, 3.8) is 0 Å². The van der Waals surface area contributed by atoms with Crippen LogP contribution in [0.1, 0.15) is 25.7 Å². The van der Waals surface area contributed by atoms with E-state index >= 15 is 0 Å². The van der Waals surface area contributed by atoms with Crippen molar-refractivity contribution in [3.05, 3.63) is 78.5 Å². The maximum atomic E-state index is 14.5. The molecule has 0 aliphatic heterocycles. The number of nitrogens with one attached hydrogen (secondary N) is 2. The van der Waals surface area contributed by atoms with Crippen molar-refractivity contribution in [2.45, 2.75) is 31.7 Å². The molecule has 6 nitrogen and oxygen atoms in total. The highest BCUT2D eigenvalue weighted by Gasteiger charge is 2.47. The van der Waals surface area contributed by atoms with E-state index in [9.17, 15) is 18.7 Å². The third-order valence-electron chi connectivity index (χ3n) is 8.56. The van der Waals surface area contributed by atoms with Gasteiger partial charge in [-0.1, -0.05) is 36.4 Å². The quantitative estimate of drug-likeness (QED) is 0.230. The van der Waals surface area contributed by atoms with Crippen molar-refractivity contribution in [1.29, 1.82) is 0 Å². The number of halogens is 2. The van der Waals surface area contributed by atoms with Crippen molar-refractivity contribution in [2.24, 2.45) is 17.8 Å². The van der Waals surface area contributed by atoms with Crippen LogP contribution < -0.4 is 5.32 Å². The van der Waals surface area contributed by atoms with Gasteiger partial charge in [-0.05, 0) is 66.8 Å². The molecule has 8 heteroatoms. The van der Waals surface area contributed by atoms with Crippen molar-refractivity contribution in [2.75, 3.05) is 5.32 Å². The molecule has 2 aromatic heterocycles. The van der Waals surface area contributed by atoms with E-state index in [4.69, 9.17) is 9.97 Å². The topological polar surface area (TPSA) is 90.9 Å². The Morgan fingerprint density at radius 2 is 1.67 bits per heavy atom. The summed E-state index contributed by atoms with van der Waals surface area (Å²) in [5.41, 5.74) is 3.30. The zero-order chi connectivity index (χ0) is 26.7. The van der Waals surface area contributed by atoms with Gasteiger partial charge >= 0.3 is 5.97 Å². The molecule has 39 heavy (non-hydrogen) atoms. The van der Waals surface area contributed by atoms with Gasteiger partial charge in [0.15, 0.2) is 5.82 Å². The first-order valence-corrected chi connectivity index (χ1v) is 13.3. The first-order chi connectivity index (χ1) is 19.0. The van der Waals surface area contributed by atoms with Crippen LogP contribution in [0.25, 0.3) is 44.3 Å². The van der Waals surface area contributed by atoms with Gasteiger partial charge in [0.25, 0.3) is 0 Å². The van der Waals surface area contributed by atoms with E-state index in [1.807, 2.05) is 48.5 Å². The van der Waals surface area contributed by atoms with Gasteiger partial charge in [0.05, 0.1) is 17.0 Å². The summed E-state index contributed by atoms with van der Waals surface area (Å²) in [6.45, 7) is 0. The zero-order valence-electron chi connectivity index (χ0n) is 21.0. The lowest BCUT2D eigenvalue weighted by atomic mass is 9.61. The van der Waals surface area contributed by atoms with E-state index in [1.54, 1.807) is 6.20 Å². The Kier molecular flexibility index (Phi) is 5.58. The molecule has 8 rings (SSSR count). The van der Waals surface area contributed by atoms with Gasteiger partial charge in [-0.3, -0.25) is 4.79 Å². The normalized spacial score (nSPS) is 22.4. The summed E-state index contributed by atoms with van der Waals surface area (Å²) in [6, 6.07) is 17.7. The molecular weight excluding hydrogens is 498 g/mol. The predicted molar refractivity (Wildman–Crippen MR) is 146 cm³/mol. The molecule has 3 aromatic carbocycles. The second-order valence-electron chi connectivity index (χ2n) is 10.7. The van der Waals surface area contributed by atoms with Crippen LogP contribution >= 0.6 is 0 Å². The zero-order valence-corrected chi connectivity index (χ0v) is 21.0. The van der Waals surface area contributed by atoms with E-state index in [2.05, 4.69) is 10.3 Å². The van der Waals surface area contributed by atoms with Crippen LogP contribution in [-0.4, -0.2) is 32.1 Å². The molecular formula is C31H26F2N4O2. The minimum Gasteiger partial charge on any atom is -0.481 e. The molecule has 0 unspecified atom stereocenters. The fourth-order valence-electron chi connectivity index (χ4n) is 6.68.